The smallest absolute Gasteiger partial charge is 0.336 e. The van der Waals surface area contributed by atoms with Crippen LogP contribution in [0.2, 0.25) is 0 Å². The molecule has 0 unspecified atom stereocenters. The standard InChI is InChI=1S/C14H12F3N3O/c1-20(13(21)12-8-18-6-7-19-12)9-10-4-2-3-5-11(10)14(15,16)17/h2-8H,9H2,1H3. The second-order valence-electron chi connectivity index (χ2n) is 4.41. The first-order valence-corrected chi connectivity index (χ1v) is 6.06. The Morgan fingerprint density at radius 1 is 1.24 bits per heavy atom. The maximum Gasteiger partial charge on any atom is 0.416 e. The molecule has 1 amide bonds. The summed E-state index contributed by atoms with van der Waals surface area (Å²) in [5.41, 5.74) is -0.627. The first-order chi connectivity index (χ1) is 9.89. The van der Waals surface area contributed by atoms with E-state index in [1.807, 2.05) is 0 Å². The van der Waals surface area contributed by atoms with Crippen molar-refractivity contribution in [1.82, 2.24) is 14.9 Å². The number of halogens is 3. The number of alkyl halides is 3. The highest BCUT2D eigenvalue weighted by Crippen LogP contribution is 2.32. The fourth-order valence-electron chi connectivity index (χ4n) is 1.87. The molecular formula is C14H12F3N3O. The minimum absolute atomic E-state index is 0.0322. The SMILES string of the molecule is CN(Cc1ccccc1C(F)(F)F)C(=O)c1cnccn1. The predicted octanol–water partition coefficient (Wildman–Crippen LogP) is 2.77. The third kappa shape index (κ3) is 3.56. The van der Waals surface area contributed by atoms with Crippen LogP contribution in [-0.4, -0.2) is 27.8 Å². The van der Waals surface area contributed by atoms with Crippen LogP contribution in [-0.2, 0) is 12.7 Å². The van der Waals surface area contributed by atoms with Gasteiger partial charge in [-0.05, 0) is 11.6 Å². The first-order valence-electron chi connectivity index (χ1n) is 6.06. The highest BCUT2D eigenvalue weighted by atomic mass is 19.4. The Hall–Kier alpha value is -2.44. The van der Waals surface area contributed by atoms with Gasteiger partial charge >= 0.3 is 6.18 Å². The summed E-state index contributed by atoms with van der Waals surface area (Å²) in [7, 11) is 1.42. The molecule has 2 rings (SSSR count). The molecule has 0 aliphatic rings. The molecule has 0 saturated carbocycles. The summed E-state index contributed by atoms with van der Waals surface area (Å²) in [5.74, 6) is -0.486. The molecule has 0 aliphatic carbocycles. The minimum atomic E-state index is -4.45. The van der Waals surface area contributed by atoms with Gasteiger partial charge in [0.15, 0.2) is 0 Å². The van der Waals surface area contributed by atoms with Gasteiger partial charge in [0.25, 0.3) is 5.91 Å². The molecule has 21 heavy (non-hydrogen) atoms. The molecule has 0 fully saturated rings. The fourth-order valence-corrected chi connectivity index (χ4v) is 1.87. The molecule has 1 aromatic heterocycles. The lowest BCUT2D eigenvalue weighted by molar-refractivity contribution is -0.138. The van der Waals surface area contributed by atoms with Crippen molar-refractivity contribution >= 4 is 5.91 Å². The van der Waals surface area contributed by atoms with Gasteiger partial charge in [0.2, 0.25) is 0 Å². The largest absolute Gasteiger partial charge is 0.416 e. The first kappa shape index (κ1) is 15.0. The molecular weight excluding hydrogens is 283 g/mol. The van der Waals surface area contributed by atoms with E-state index in [2.05, 4.69) is 9.97 Å². The second-order valence-corrected chi connectivity index (χ2v) is 4.41. The maximum absolute atomic E-state index is 12.9. The zero-order valence-electron chi connectivity index (χ0n) is 11.1. The number of carbonyl (C=O) groups is 1. The monoisotopic (exact) mass is 295 g/mol. The zero-order chi connectivity index (χ0) is 15.5. The lowest BCUT2D eigenvalue weighted by atomic mass is 10.1. The third-order valence-corrected chi connectivity index (χ3v) is 2.86. The van der Waals surface area contributed by atoms with E-state index in [9.17, 15) is 18.0 Å². The van der Waals surface area contributed by atoms with Crippen molar-refractivity contribution in [3.8, 4) is 0 Å². The van der Waals surface area contributed by atoms with Crippen molar-refractivity contribution in [2.75, 3.05) is 7.05 Å². The summed E-state index contributed by atoms with van der Waals surface area (Å²) in [6.45, 7) is -0.162. The van der Waals surface area contributed by atoms with E-state index in [1.165, 1.54) is 48.7 Å². The summed E-state index contributed by atoms with van der Waals surface area (Å²) >= 11 is 0. The van der Waals surface area contributed by atoms with Crippen LogP contribution >= 0.6 is 0 Å². The predicted molar refractivity (Wildman–Crippen MR) is 69.3 cm³/mol. The zero-order valence-corrected chi connectivity index (χ0v) is 11.1. The number of hydrogen-bond donors (Lipinski definition) is 0. The van der Waals surface area contributed by atoms with E-state index in [-0.39, 0.29) is 17.8 Å². The molecule has 0 aliphatic heterocycles. The highest BCUT2D eigenvalue weighted by molar-refractivity contribution is 5.91. The molecule has 0 bridgehead atoms. The Morgan fingerprint density at radius 2 is 1.95 bits per heavy atom. The van der Waals surface area contributed by atoms with E-state index in [1.54, 1.807) is 0 Å². The molecule has 0 spiro atoms. The van der Waals surface area contributed by atoms with Gasteiger partial charge in [-0.15, -0.1) is 0 Å². The van der Waals surface area contributed by atoms with Gasteiger partial charge in [0.1, 0.15) is 5.69 Å². The summed E-state index contributed by atoms with van der Waals surface area (Å²) in [5, 5.41) is 0. The summed E-state index contributed by atoms with van der Waals surface area (Å²) < 4.78 is 38.7. The van der Waals surface area contributed by atoms with Gasteiger partial charge in [-0.3, -0.25) is 9.78 Å². The van der Waals surface area contributed by atoms with E-state index in [4.69, 9.17) is 0 Å². The van der Waals surface area contributed by atoms with Gasteiger partial charge in [-0.2, -0.15) is 13.2 Å². The van der Waals surface area contributed by atoms with Crippen molar-refractivity contribution in [2.24, 2.45) is 0 Å². The number of carbonyl (C=O) groups excluding carboxylic acids is 1. The lowest BCUT2D eigenvalue weighted by Gasteiger charge is -2.19. The van der Waals surface area contributed by atoms with E-state index in [0.29, 0.717) is 0 Å². The summed E-state index contributed by atoms with van der Waals surface area (Å²) in [4.78, 5) is 20.8. The van der Waals surface area contributed by atoms with Crippen LogP contribution < -0.4 is 0 Å². The topological polar surface area (TPSA) is 46.1 Å². The Bertz CT molecular complexity index is 629. The quantitative estimate of drug-likeness (QED) is 0.874. The number of rotatable bonds is 3. The molecule has 1 aromatic carbocycles. The number of aromatic nitrogens is 2. The van der Waals surface area contributed by atoms with Gasteiger partial charge in [-0.25, -0.2) is 4.98 Å². The number of nitrogens with zero attached hydrogens (tertiary/aromatic N) is 3. The van der Waals surface area contributed by atoms with E-state index >= 15 is 0 Å². The summed E-state index contributed by atoms with van der Waals surface area (Å²) in [6.07, 6.45) is -0.415. The number of hydrogen-bond acceptors (Lipinski definition) is 3. The van der Waals surface area contributed by atoms with Crippen molar-refractivity contribution in [3.05, 3.63) is 59.7 Å². The molecule has 0 radical (unpaired) electrons. The number of benzene rings is 1. The Labute approximate surface area is 119 Å². The highest BCUT2D eigenvalue weighted by Gasteiger charge is 2.33. The molecule has 110 valence electrons. The van der Waals surface area contributed by atoms with Gasteiger partial charge < -0.3 is 4.90 Å². The molecule has 7 heteroatoms. The fraction of sp³-hybridized carbons (Fsp3) is 0.214. The molecule has 1 heterocycles. The Morgan fingerprint density at radius 3 is 2.57 bits per heavy atom. The van der Waals surface area contributed by atoms with Crippen LogP contribution in [0.5, 0.6) is 0 Å². The molecule has 2 aromatic rings. The van der Waals surface area contributed by atoms with E-state index in [0.717, 1.165) is 6.07 Å². The van der Waals surface area contributed by atoms with Gasteiger partial charge in [0, 0.05) is 26.0 Å². The van der Waals surface area contributed by atoms with E-state index < -0.39 is 17.6 Å². The maximum atomic E-state index is 12.9. The van der Waals surface area contributed by atoms with Gasteiger partial charge in [0.05, 0.1) is 11.8 Å². The molecule has 4 nitrogen and oxygen atoms in total. The third-order valence-electron chi connectivity index (χ3n) is 2.86. The van der Waals surface area contributed by atoms with Crippen molar-refractivity contribution in [1.29, 1.82) is 0 Å². The number of amides is 1. The van der Waals surface area contributed by atoms with Gasteiger partial charge in [-0.1, -0.05) is 18.2 Å². The van der Waals surface area contributed by atoms with Crippen LogP contribution in [0.1, 0.15) is 21.6 Å². The second kappa shape index (κ2) is 5.90. The van der Waals surface area contributed by atoms with Crippen LogP contribution in [0.3, 0.4) is 0 Å². The van der Waals surface area contributed by atoms with Crippen LogP contribution in [0.4, 0.5) is 13.2 Å². The Balaban J connectivity index is 2.21. The average molecular weight is 295 g/mol. The molecule has 0 N–H and O–H groups in total. The van der Waals surface area contributed by atoms with Crippen molar-refractivity contribution in [3.63, 3.8) is 0 Å². The van der Waals surface area contributed by atoms with Crippen LogP contribution in [0, 0.1) is 0 Å². The Kier molecular flexibility index (Phi) is 4.21. The average Bonchev–Trinajstić information content (AvgIpc) is 2.47. The van der Waals surface area contributed by atoms with Crippen molar-refractivity contribution in [2.45, 2.75) is 12.7 Å². The molecule has 0 atom stereocenters. The normalized spacial score (nSPS) is 11.2. The van der Waals surface area contributed by atoms with Crippen molar-refractivity contribution < 1.29 is 18.0 Å². The summed E-state index contributed by atoms with van der Waals surface area (Å²) in [6, 6.07) is 5.17. The van der Waals surface area contributed by atoms with Crippen LogP contribution in [0.15, 0.2) is 42.9 Å². The molecule has 0 saturated heterocycles. The lowest BCUT2D eigenvalue weighted by Crippen LogP contribution is -2.28. The minimum Gasteiger partial charge on any atom is -0.336 e. The van der Waals surface area contributed by atoms with Crippen LogP contribution in [0.25, 0.3) is 0 Å².